The molecular weight excluding hydrogens is 230 g/mol. The topological polar surface area (TPSA) is 89.4 Å². The molecule has 0 spiro atoms. The first kappa shape index (κ1) is 12.4. The number of nitrogens with two attached hydrogens (primary N) is 2. The van der Waals surface area contributed by atoms with Gasteiger partial charge in [0.25, 0.3) is 0 Å². The molecule has 0 bridgehead atoms. The summed E-state index contributed by atoms with van der Waals surface area (Å²) in [6.07, 6.45) is 0.168. The zero-order valence-corrected chi connectivity index (χ0v) is 10.6. The molecule has 1 unspecified atom stereocenters. The smallest absolute Gasteiger partial charge is 0.227 e. The standard InChI is InChI=1S/C13H17N3O2/c1-7-3-8(2)12(14)10(4-7)16-6-9(13(15)18)5-11(16)17/h3-4,9H,5-6,14H2,1-2H3,(H2,15,18). The number of carbonyl (C=O) groups excluding carboxylic acids is 2. The number of carbonyl (C=O) groups is 2. The summed E-state index contributed by atoms with van der Waals surface area (Å²) in [5.41, 5.74) is 14.5. The second kappa shape index (κ2) is 4.33. The predicted octanol–water partition coefficient (Wildman–Crippen LogP) is 0.724. The van der Waals surface area contributed by atoms with E-state index in [1.165, 1.54) is 0 Å². The van der Waals surface area contributed by atoms with Crippen molar-refractivity contribution in [2.75, 3.05) is 17.2 Å². The normalized spacial score (nSPS) is 19.3. The third-order valence-electron chi connectivity index (χ3n) is 3.33. The van der Waals surface area contributed by atoms with Gasteiger partial charge in [0.1, 0.15) is 0 Å². The van der Waals surface area contributed by atoms with Crippen LogP contribution in [0.5, 0.6) is 0 Å². The van der Waals surface area contributed by atoms with Crippen molar-refractivity contribution in [1.29, 1.82) is 0 Å². The van der Waals surface area contributed by atoms with E-state index in [0.717, 1.165) is 11.1 Å². The summed E-state index contributed by atoms with van der Waals surface area (Å²) in [5, 5.41) is 0. The van der Waals surface area contributed by atoms with Crippen molar-refractivity contribution in [3.63, 3.8) is 0 Å². The second-order valence-electron chi connectivity index (χ2n) is 4.82. The van der Waals surface area contributed by atoms with Gasteiger partial charge in [0.2, 0.25) is 11.8 Å². The van der Waals surface area contributed by atoms with E-state index in [-0.39, 0.29) is 12.3 Å². The highest BCUT2D eigenvalue weighted by Crippen LogP contribution is 2.32. The van der Waals surface area contributed by atoms with Gasteiger partial charge in [0, 0.05) is 13.0 Å². The first-order valence-corrected chi connectivity index (χ1v) is 5.86. The summed E-state index contributed by atoms with van der Waals surface area (Å²) in [7, 11) is 0. The maximum Gasteiger partial charge on any atom is 0.227 e. The van der Waals surface area contributed by atoms with Gasteiger partial charge < -0.3 is 16.4 Å². The largest absolute Gasteiger partial charge is 0.397 e. The molecule has 2 rings (SSSR count). The van der Waals surface area contributed by atoms with E-state index in [1.54, 1.807) is 4.90 Å². The number of rotatable bonds is 2. The summed E-state index contributed by atoms with van der Waals surface area (Å²) in [6, 6.07) is 3.83. The molecule has 0 saturated carbocycles. The number of nitrogen functional groups attached to an aromatic ring is 1. The van der Waals surface area contributed by atoms with Gasteiger partial charge in [-0.1, -0.05) is 6.07 Å². The number of hydrogen-bond acceptors (Lipinski definition) is 3. The number of aryl methyl sites for hydroxylation is 2. The van der Waals surface area contributed by atoms with E-state index < -0.39 is 11.8 Å². The van der Waals surface area contributed by atoms with Crippen molar-refractivity contribution in [2.24, 2.45) is 11.7 Å². The van der Waals surface area contributed by atoms with Crippen LogP contribution in [0.15, 0.2) is 12.1 Å². The molecule has 4 N–H and O–H groups in total. The Hall–Kier alpha value is -2.04. The lowest BCUT2D eigenvalue weighted by Crippen LogP contribution is -2.29. The van der Waals surface area contributed by atoms with E-state index in [9.17, 15) is 9.59 Å². The summed E-state index contributed by atoms with van der Waals surface area (Å²) >= 11 is 0. The van der Waals surface area contributed by atoms with Crippen LogP contribution in [0, 0.1) is 19.8 Å². The summed E-state index contributed by atoms with van der Waals surface area (Å²) in [4.78, 5) is 24.6. The van der Waals surface area contributed by atoms with Gasteiger partial charge in [-0.15, -0.1) is 0 Å². The highest BCUT2D eigenvalue weighted by atomic mass is 16.2. The third-order valence-corrected chi connectivity index (χ3v) is 3.33. The highest BCUT2D eigenvalue weighted by molar-refractivity contribution is 6.02. The van der Waals surface area contributed by atoms with Crippen molar-refractivity contribution in [2.45, 2.75) is 20.3 Å². The van der Waals surface area contributed by atoms with Crippen LogP contribution in [0.3, 0.4) is 0 Å². The van der Waals surface area contributed by atoms with Crippen LogP contribution < -0.4 is 16.4 Å². The first-order chi connectivity index (χ1) is 8.40. The van der Waals surface area contributed by atoms with Gasteiger partial charge in [-0.3, -0.25) is 9.59 Å². The van der Waals surface area contributed by atoms with Gasteiger partial charge in [-0.05, 0) is 31.0 Å². The molecule has 1 aliphatic heterocycles. The van der Waals surface area contributed by atoms with Crippen LogP contribution in [-0.2, 0) is 9.59 Å². The average molecular weight is 247 g/mol. The Balaban J connectivity index is 2.38. The minimum Gasteiger partial charge on any atom is -0.397 e. The molecule has 1 aromatic rings. The molecule has 5 nitrogen and oxygen atoms in total. The van der Waals surface area contributed by atoms with Gasteiger partial charge in [0.15, 0.2) is 0 Å². The maximum atomic E-state index is 11.9. The third kappa shape index (κ3) is 2.03. The molecule has 96 valence electrons. The van der Waals surface area contributed by atoms with E-state index in [2.05, 4.69) is 0 Å². The van der Waals surface area contributed by atoms with Gasteiger partial charge in [-0.25, -0.2) is 0 Å². The van der Waals surface area contributed by atoms with Crippen molar-refractivity contribution in [3.8, 4) is 0 Å². The molecule has 1 atom stereocenters. The Morgan fingerprint density at radius 3 is 2.61 bits per heavy atom. The van der Waals surface area contributed by atoms with Crippen LogP contribution in [0.2, 0.25) is 0 Å². The monoisotopic (exact) mass is 247 g/mol. The lowest BCUT2D eigenvalue weighted by Gasteiger charge is -2.20. The van der Waals surface area contributed by atoms with Crippen molar-refractivity contribution in [3.05, 3.63) is 23.3 Å². The number of primary amides is 1. The fourth-order valence-corrected chi connectivity index (χ4v) is 2.31. The molecule has 0 radical (unpaired) electrons. The zero-order valence-electron chi connectivity index (χ0n) is 10.6. The molecule has 1 saturated heterocycles. The quantitative estimate of drug-likeness (QED) is 0.755. The molecule has 2 amide bonds. The summed E-state index contributed by atoms with van der Waals surface area (Å²) in [6.45, 7) is 4.17. The molecule has 1 aliphatic rings. The van der Waals surface area contributed by atoms with Gasteiger partial charge >= 0.3 is 0 Å². The lowest BCUT2D eigenvalue weighted by atomic mass is 10.1. The Kier molecular flexibility index (Phi) is 2.98. The van der Waals surface area contributed by atoms with Gasteiger partial charge in [-0.2, -0.15) is 0 Å². The highest BCUT2D eigenvalue weighted by Gasteiger charge is 2.34. The summed E-state index contributed by atoms with van der Waals surface area (Å²) in [5.74, 6) is -0.956. The van der Waals surface area contributed by atoms with Gasteiger partial charge in [0.05, 0.1) is 17.3 Å². The molecule has 0 aliphatic carbocycles. The van der Waals surface area contributed by atoms with E-state index in [0.29, 0.717) is 17.9 Å². The fourth-order valence-electron chi connectivity index (χ4n) is 2.31. The lowest BCUT2D eigenvalue weighted by molar-refractivity contribution is -0.123. The molecule has 0 aromatic heterocycles. The van der Waals surface area contributed by atoms with Crippen LogP contribution in [-0.4, -0.2) is 18.4 Å². The van der Waals surface area contributed by atoms with Crippen molar-refractivity contribution >= 4 is 23.2 Å². The van der Waals surface area contributed by atoms with E-state index >= 15 is 0 Å². The molecule has 1 aromatic carbocycles. The Bertz CT molecular complexity index is 525. The van der Waals surface area contributed by atoms with Crippen LogP contribution in [0.25, 0.3) is 0 Å². The number of amides is 2. The predicted molar refractivity (Wildman–Crippen MR) is 70.0 cm³/mol. The Labute approximate surface area is 106 Å². The zero-order chi connectivity index (χ0) is 13.4. The number of nitrogens with zero attached hydrogens (tertiary/aromatic N) is 1. The molecular formula is C13H17N3O2. The minimum absolute atomic E-state index is 0.101. The number of benzene rings is 1. The molecule has 1 fully saturated rings. The molecule has 1 heterocycles. The van der Waals surface area contributed by atoms with Crippen LogP contribution in [0.1, 0.15) is 17.5 Å². The SMILES string of the molecule is Cc1cc(C)c(N)c(N2CC(C(N)=O)CC2=O)c1. The maximum absolute atomic E-state index is 11.9. The minimum atomic E-state index is -0.436. The van der Waals surface area contributed by atoms with Crippen LogP contribution >= 0.6 is 0 Å². The van der Waals surface area contributed by atoms with Crippen LogP contribution in [0.4, 0.5) is 11.4 Å². The Morgan fingerprint density at radius 1 is 1.39 bits per heavy atom. The van der Waals surface area contributed by atoms with E-state index in [4.69, 9.17) is 11.5 Å². The second-order valence-corrected chi connectivity index (χ2v) is 4.82. The first-order valence-electron chi connectivity index (χ1n) is 5.86. The summed E-state index contributed by atoms with van der Waals surface area (Å²) < 4.78 is 0. The fraction of sp³-hybridized carbons (Fsp3) is 0.385. The molecule has 18 heavy (non-hydrogen) atoms. The number of hydrogen-bond donors (Lipinski definition) is 2. The molecule has 5 heteroatoms. The average Bonchev–Trinajstić information content (AvgIpc) is 2.66. The van der Waals surface area contributed by atoms with Crippen molar-refractivity contribution in [1.82, 2.24) is 0 Å². The Morgan fingerprint density at radius 2 is 2.06 bits per heavy atom. The van der Waals surface area contributed by atoms with E-state index in [1.807, 2.05) is 26.0 Å². The van der Waals surface area contributed by atoms with Crippen molar-refractivity contribution < 1.29 is 9.59 Å². The number of anilines is 2.